The van der Waals surface area contributed by atoms with E-state index in [-0.39, 0.29) is 0 Å². The van der Waals surface area contributed by atoms with Gasteiger partial charge in [0.05, 0.1) is 6.61 Å². The van der Waals surface area contributed by atoms with Gasteiger partial charge in [-0.3, -0.25) is 0 Å². The van der Waals surface area contributed by atoms with Crippen LogP contribution in [-0.2, 0) is 4.74 Å². The van der Waals surface area contributed by atoms with Gasteiger partial charge in [-0.2, -0.15) is 0 Å². The van der Waals surface area contributed by atoms with Gasteiger partial charge in [-0.1, -0.05) is 26.7 Å². The van der Waals surface area contributed by atoms with Crippen LogP contribution in [0, 0.1) is 5.92 Å². The summed E-state index contributed by atoms with van der Waals surface area (Å²) in [5, 5.41) is 3.52. The third-order valence-electron chi connectivity index (χ3n) is 3.49. The summed E-state index contributed by atoms with van der Waals surface area (Å²) >= 11 is 0. The van der Waals surface area contributed by atoms with E-state index in [1.54, 1.807) is 0 Å². The molecule has 0 aromatic carbocycles. The summed E-state index contributed by atoms with van der Waals surface area (Å²) in [6.07, 6.45) is 8.05. The van der Waals surface area contributed by atoms with E-state index in [0.717, 1.165) is 25.7 Å². The van der Waals surface area contributed by atoms with Crippen molar-refractivity contribution in [3.63, 3.8) is 0 Å². The van der Waals surface area contributed by atoms with Crippen molar-refractivity contribution in [2.75, 3.05) is 19.8 Å². The van der Waals surface area contributed by atoms with Gasteiger partial charge < -0.3 is 10.1 Å². The summed E-state index contributed by atoms with van der Waals surface area (Å²) in [6.45, 7) is 7.36. The van der Waals surface area contributed by atoms with Gasteiger partial charge in [0, 0.05) is 19.2 Å². The van der Waals surface area contributed by atoms with Crippen LogP contribution in [0.25, 0.3) is 0 Å². The van der Waals surface area contributed by atoms with Crippen LogP contribution in [0.4, 0.5) is 0 Å². The monoisotopic (exact) mass is 213 g/mol. The van der Waals surface area contributed by atoms with Gasteiger partial charge in [-0.25, -0.2) is 0 Å². The van der Waals surface area contributed by atoms with E-state index in [4.69, 9.17) is 4.74 Å². The van der Waals surface area contributed by atoms with E-state index in [1.165, 1.54) is 38.5 Å². The predicted octanol–water partition coefficient (Wildman–Crippen LogP) is 2.97. The molecule has 0 bridgehead atoms. The number of ether oxygens (including phenoxy) is 1. The maximum absolute atomic E-state index is 5.69. The van der Waals surface area contributed by atoms with Crippen LogP contribution in [0.1, 0.15) is 52.4 Å². The molecule has 15 heavy (non-hydrogen) atoms. The van der Waals surface area contributed by atoms with Gasteiger partial charge in [-0.05, 0) is 31.6 Å². The molecule has 90 valence electrons. The SMILES string of the molecule is CCC(CC)NCCOCC1CCCC1. The maximum Gasteiger partial charge on any atom is 0.0591 e. The topological polar surface area (TPSA) is 21.3 Å². The molecule has 0 atom stereocenters. The third-order valence-corrected chi connectivity index (χ3v) is 3.49. The highest BCUT2D eigenvalue weighted by molar-refractivity contribution is 4.66. The molecule has 0 saturated heterocycles. The molecule has 1 fully saturated rings. The van der Waals surface area contributed by atoms with Crippen molar-refractivity contribution < 1.29 is 4.74 Å². The molecule has 0 unspecified atom stereocenters. The van der Waals surface area contributed by atoms with Gasteiger partial charge in [0.15, 0.2) is 0 Å². The Labute approximate surface area is 94.8 Å². The first-order valence-corrected chi connectivity index (χ1v) is 6.68. The summed E-state index contributed by atoms with van der Waals surface area (Å²) in [4.78, 5) is 0. The molecule has 0 radical (unpaired) electrons. The van der Waals surface area contributed by atoms with Crippen molar-refractivity contribution in [2.45, 2.75) is 58.4 Å². The Kier molecular flexibility index (Phi) is 7.03. The van der Waals surface area contributed by atoms with E-state index in [9.17, 15) is 0 Å². The number of nitrogens with one attached hydrogen (secondary N) is 1. The Morgan fingerprint density at radius 2 is 1.87 bits per heavy atom. The molecule has 0 spiro atoms. The zero-order valence-electron chi connectivity index (χ0n) is 10.4. The molecule has 1 N–H and O–H groups in total. The molecule has 1 saturated carbocycles. The first-order chi connectivity index (χ1) is 7.36. The minimum atomic E-state index is 0.681. The largest absolute Gasteiger partial charge is 0.380 e. The van der Waals surface area contributed by atoms with E-state index in [0.29, 0.717) is 6.04 Å². The van der Waals surface area contributed by atoms with Gasteiger partial charge in [-0.15, -0.1) is 0 Å². The van der Waals surface area contributed by atoms with Crippen LogP contribution < -0.4 is 5.32 Å². The quantitative estimate of drug-likeness (QED) is 0.626. The molecule has 1 rings (SSSR count). The van der Waals surface area contributed by atoms with Crippen molar-refractivity contribution in [1.29, 1.82) is 0 Å². The molecule has 1 aliphatic rings. The predicted molar refractivity (Wildman–Crippen MR) is 65.1 cm³/mol. The number of hydrogen-bond donors (Lipinski definition) is 1. The molecule has 0 amide bonds. The van der Waals surface area contributed by atoms with Crippen molar-refractivity contribution in [2.24, 2.45) is 5.92 Å². The Hall–Kier alpha value is -0.0800. The van der Waals surface area contributed by atoms with Crippen molar-refractivity contribution in [3.8, 4) is 0 Å². The highest BCUT2D eigenvalue weighted by Gasteiger charge is 2.14. The molecule has 0 heterocycles. The average Bonchev–Trinajstić information content (AvgIpc) is 2.76. The fourth-order valence-electron chi connectivity index (χ4n) is 2.34. The summed E-state index contributed by atoms with van der Waals surface area (Å²) in [6, 6.07) is 0.681. The van der Waals surface area contributed by atoms with Crippen molar-refractivity contribution in [3.05, 3.63) is 0 Å². The lowest BCUT2D eigenvalue weighted by Crippen LogP contribution is -2.31. The van der Waals surface area contributed by atoms with Crippen molar-refractivity contribution in [1.82, 2.24) is 5.32 Å². The van der Waals surface area contributed by atoms with Crippen LogP contribution in [0.5, 0.6) is 0 Å². The zero-order valence-corrected chi connectivity index (χ0v) is 10.4. The van der Waals surface area contributed by atoms with E-state index < -0.39 is 0 Å². The van der Waals surface area contributed by atoms with Crippen LogP contribution in [0.2, 0.25) is 0 Å². The van der Waals surface area contributed by atoms with Gasteiger partial charge in [0.1, 0.15) is 0 Å². The van der Waals surface area contributed by atoms with Crippen LogP contribution in [0.15, 0.2) is 0 Å². The Bertz CT molecular complexity index is 135. The Morgan fingerprint density at radius 3 is 2.47 bits per heavy atom. The lowest BCUT2D eigenvalue weighted by molar-refractivity contribution is 0.101. The zero-order chi connectivity index (χ0) is 10.9. The van der Waals surface area contributed by atoms with Crippen molar-refractivity contribution >= 4 is 0 Å². The second-order valence-corrected chi connectivity index (χ2v) is 4.69. The first-order valence-electron chi connectivity index (χ1n) is 6.68. The van der Waals surface area contributed by atoms with Gasteiger partial charge in [0.2, 0.25) is 0 Å². The highest BCUT2D eigenvalue weighted by atomic mass is 16.5. The minimum absolute atomic E-state index is 0.681. The molecule has 1 aliphatic carbocycles. The second kappa shape index (κ2) is 8.12. The summed E-state index contributed by atoms with van der Waals surface area (Å²) in [5.41, 5.74) is 0. The summed E-state index contributed by atoms with van der Waals surface area (Å²) in [7, 11) is 0. The lowest BCUT2D eigenvalue weighted by atomic mass is 10.1. The minimum Gasteiger partial charge on any atom is -0.380 e. The smallest absolute Gasteiger partial charge is 0.0591 e. The number of hydrogen-bond acceptors (Lipinski definition) is 2. The Morgan fingerprint density at radius 1 is 1.20 bits per heavy atom. The highest BCUT2D eigenvalue weighted by Crippen LogP contribution is 2.24. The third kappa shape index (κ3) is 5.53. The summed E-state index contributed by atoms with van der Waals surface area (Å²) in [5.74, 6) is 0.859. The van der Waals surface area contributed by atoms with Gasteiger partial charge >= 0.3 is 0 Å². The van der Waals surface area contributed by atoms with E-state index in [2.05, 4.69) is 19.2 Å². The standard InChI is InChI=1S/C13H27NO/c1-3-13(4-2)14-9-10-15-11-12-7-5-6-8-12/h12-14H,3-11H2,1-2H3. The fraction of sp³-hybridized carbons (Fsp3) is 1.00. The molecule has 2 nitrogen and oxygen atoms in total. The lowest BCUT2D eigenvalue weighted by Gasteiger charge is -2.15. The maximum atomic E-state index is 5.69. The second-order valence-electron chi connectivity index (χ2n) is 4.69. The molecule has 2 heteroatoms. The molecule has 0 aliphatic heterocycles. The molecular formula is C13H27NO. The summed E-state index contributed by atoms with van der Waals surface area (Å²) < 4.78 is 5.69. The van der Waals surface area contributed by atoms with Gasteiger partial charge in [0.25, 0.3) is 0 Å². The average molecular weight is 213 g/mol. The molecular weight excluding hydrogens is 186 g/mol. The molecule has 0 aromatic rings. The van der Waals surface area contributed by atoms with E-state index in [1.807, 2.05) is 0 Å². The van der Waals surface area contributed by atoms with Crippen LogP contribution in [0.3, 0.4) is 0 Å². The van der Waals surface area contributed by atoms with Crippen LogP contribution >= 0.6 is 0 Å². The first kappa shape index (κ1) is 13.0. The Balaban J connectivity index is 1.87. The van der Waals surface area contributed by atoms with Crippen LogP contribution in [-0.4, -0.2) is 25.8 Å². The molecule has 0 aromatic heterocycles. The normalized spacial score (nSPS) is 17.8. The fourth-order valence-corrected chi connectivity index (χ4v) is 2.34. The van der Waals surface area contributed by atoms with E-state index >= 15 is 0 Å². The number of rotatable bonds is 8.